The quantitative estimate of drug-likeness (QED) is 0.484. The van der Waals surface area contributed by atoms with Crippen LogP contribution in [0.3, 0.4) is 0 Å². The largest absolute Gasteiger partial charge is 0.493 e. The van der Waals surface area contributed by atoms with Gasteiger partial charge in [0.15, 0.2) is 0 Å². The molecule has 1 unspecified atom stereocenters. The molecule has 0 aliphatic heterocycles. The van der Waals surface area contributed by atoms with Crippen LogP contribution in [0.4, 0.5) is 4.39 Å². The van der Waals surface area contributed by atoms with Crippen molar-refractivity contribution in [2.45, 2.75) is 65.0 Å². The molecule has 1 atom stereocenters. The maximum Gasteiger partial charge on any atom is 0.128 e. The molecule has 1 aromatic heterocycles. The molecule has 0 N–H and O–H groups in total. The van der Waals surface area contributed by atoms with Crippen LogP contribution in [0.25, 0.3) is 11.1 Å². The topological polar surface area (TPSA) is 35.0 Å². The minimum Gasteiger partial charge on any atom is -0.493 e. The van der Waals surface area contributed by atoms with Gasteiger partial charge in [-0.1, -0.05) is 44.7 Å². The van der Waals surface area contributed by atoms with Gasteiger partial charge in [-0.3, -0.25) is 0 Å². The number of aryl methyl sites for hydroxylation is 1. The maximum atomic E-state index is 12.8. The molecule has 3 nitrogen and oxygen atoms in total. The van der Waals surface area contributed by atoms with Crippen molar-refractivity contribution in [1.82, 2.24) is 9.97 Å². The van der Waals surface area contributed by atoms with Gasteiger partial charge in [0.1, 0.15) is 17.7 Å². The van der Waals surface area contributed by atoms with E-state index in [1.165, 1.54) is 25.7 Å². The molecule has 0 amide bonds. The van der Waals surface area contributed by atoms with E-state index < -0.39 is 6.17 Å². The minimum absolute atomic E-state index is 0.396. The van der Waals surface area contributed by atoms with E-state index in [0.29, 0.717) is 13.0 Å². The zero-order valence-corrected chi connectivity index (χ0v) is 15.4. The molecule has 0 aliphatic rings. The van der Waals surface area contributed by atoms with Crippen LogP contribution in [0.5, 0.6) is 5.75 Å². The fourth-order valence-corrected chi connectivity index (χ4v) is 2.60. The Labute approximate surface area is 150 Å². The molecule has 4 heteroatoms. The van der Waals surface area contributed by atoms with Crippen LogP contribution >= 0.6 is 0 Å². The predicted molar refractivity (Wildman–Crippen MR) is 101 cm³/mol. The number of benzene rings is 1. The van der Waals surface area contributed by atoms with Crippen molar-refractivity contribution in [3.05, 3.63) is 42.5 Å². The summed E-state index contributed by atoms with van der Waals surface area (Å²) in [5, 5.41) is 0. The van der Waals surface area contributed by atoms with Crippen LogP contribution in [0.15, 0.2) is 36.7 Å². The maximum absolute atomic E-state index is 12.8. The molecular weight excluding hydrogens is 315 g/mol. The molecule has 25 heavy (non-hydrogen) atoms. The number of ether oxygens (including phenoxy) is 1. The van der Waals surface area contributed by atoms with Gasteiger partial charge >= 0.3 is 0 Å². The Kier molecular flexibility index (Phi) is 8.36. The summed E-state index contributed by atoms with van der Waals surface area (Å²) in [4.78, 5) is 8.96. The molecule has 0 radical (unpaired) electrons. The number of alkyl halides is 1. The Balaban J connectivity index is 1.82. The molecule has 0 bridgehead atoms. The van der Waals surface area contributed by atoms with Crippen molar-refractivity contribution in [2.75, 3.05) is 6.61 Å². The Morgan fingerprint density at radius 2 is 1.64 bits per heavy atom. The molecular formula is C21H29FN2O. The average Bonchev–Trinajstić information content (AvgIpc) is 2.62. The molecule has 2 aromatic rings. The van der Waals surface area contributed by atoms with Gasteiger partial charge in [-0.05, 0) is 31.0 Å². The molecule has 0 saturated carbocycles. The zero-order chi connectivity index (χ0) is 17.9. The SMILES string of the molecule is CCCCCCCc1ncc(-c2ccc(OCCC(C)F)cc2)cn1. The van der Waals surface area contributed by atoms with Gasteiger partial charge in [0.25, 0.3) is 0 Å². The average molecular weight is 344 g/mol. The molecule has 0 saturated heterocycles. The summed E-state index contributed by atoms with van der Waals surface area (Å²) in [5.41, 5.74) is 2.05. The van der Waals surface area contributed by atoms with Crippen LogP contribution < -0.4 is 4.74 Å². The monoisotopic (exact) mass is 344 g/mol. The molecule has 1 aromatic carbocycles. The van der Waals surface area contributed by atoms with E-state index in [0.717, 1.165) is 35.5 Å². The van der Waals surface area contributed by atoms with E-state index in [2.05, 4.69) is 16.9 Å². The van der Waals surface area contributed by atoms with Gasteiger partial charge < -0.3 is 4.74 Å². The number of hydrogen-bond acceptors (Lipinski definition) is 3. The summed E-state index contributed by atoms with van der Waals surface area (Å²) < 4.78 is 18.3. The molecule has 0 spiro atoms. The second-order valence-electron chi connectivity index (χ2n) is 6.49. The summed E-state index contributed by atoms with van der Waals surface area (Å²) in [6.07, 6.45) is 10.6. The number of aromatic nitrogens is 2. The van der Waals surface area contributed by atoms with Gasteiger partial charge in [-0.25, -0.2) is 14.4 Å². The van der Waals surface area contributed by atoms with Crippen LogP contribution in [-0.2, 0) is 6.42 Å². The number of rotatable bonds is 11. The Bertz CT molecular complexity index is 596. The lowest BCUT2D eigenvalue weighted by atomic mass is 10.1. The molecule has 136 valence electrons. The van der Waals surface area contributed by atoms with Gasteiger partial charge in [-0.2, -0.15) is 0 Å². The van der Waals surface area contributed by atoms with E-state index in [4.69, 9.17) is 4.74 Å². The summed E-state index contributed by atoms with van der Waals surface area (Å²) in [7, 11) is 0. The standard InChI is InChI=1S/C21H29FN2O/c1-3-4-5-6-7-8-21-23-15-19(16-24-21)18-9-11-20(12-10-18)25-14-13-17(2)22/h9-12,15-17H,3-8,13-14H2,1-2H3. The van der Waals surface area contributed by atoms with E-state index in [-0.39, 0.29) is 0 Å². The van der Waals surface area contributed by atoms with Gasteiger partial charge in [0.05, 0.1) is 6.61 Å². The fraction of sp³-hybridized carbons (Fsp3) is 0.524. The number of nitrogens with zero attached hydrogens (tertiary/aromatic N) is 2. The third-order valence-electron chi connectivity index (χ3n) is 4.18. The molecule has 0 aliphatic carbocycles. The lowest BCUT2D eigenvalue weighted by Crippen LogP contribution is -2.03. The summed E-state index contributed by atoms with van der Waals surface area (Å²) in [5.74, 6) is 1.68. The van der Waals surface area contributed by atoms with Crippen molar-refractivity contribution in [3.8, 4) is 16.9 Å². The van der Waals surface area contributed by atoms with Crippen molar-refractivity contribution in [3.63, 3.8) is 0 Å². The lowest BCUT2D eigenvalue weighted by Gasteiger charge is -2.08. The summed E-state index contributed by atoms with van der Waals surface area (Å²) in [6, 6.07) is 7.77. The highest BCUT2D eigenvalue weighted by molar-refractivity contribution is 5.62. The van der Waals surface area contributed by atoms with Gasteiger partial charge in [-0.15, -0.1) is 0 Å². The normalized spacial score (nSPS) is 12.1. The molecule has 2 rings (SSSR count). The second-order valence-corrected chi connectivity index (χ2v) is 6.49. The summed E-state index contributed by atoms with van der Waals surface area (Å²) in [6.45, 7) is 4.17. The van der Waals surface area contributed by atoms with Crippen LogP contribution in [0.1, 0.15) is 58.2 Å². The van der Waals surface area contributed by atoms with Crippen LogP contribution in [0.2, 0.25) is 0 Å². The van der Waals surface area contributed by atoms with Crippen LogP contribution in [0, 0.1) is 0 Å². The first kappa shape index (κ1) is 19.4. The van der Waals surface area contributed by atoms with Crippen molar-refractivity contribution >= 4 is 0 Å². The lowest BCUT2D eigenvalue weighted by molar-refractivity contribution is 0.247. The Morgan fingerprint density at radius 1 is 0.960 bits per heavy atom. The van der Waals surface area contributed by atoms with Crippen LogP contribution in [-0.4, -0.2) is 22.7 Å². The number of hydrogen-bond donors (Lipinski definition) is 0. The van der Waals surface area contributed by atoms with Crippen molar-refractivity contribution in [1.29, 1.82) is 0 Å². The van der Waals surface area contributed by atoms with E-state index >= 15 is 0 Å². The zero-order valence-electron chi connectivity index (χ0n) is 15.4. The highest BCUT2D eigenvalue weighted by Crippen LogP contribution is 2.21. The first-order valence-corrected chi connectivity index (χ1v) is 9.37. The van der Waals surface area contributed by atoms with Gasteiger partial charge in [0.2, 0.25) is 0 Å². The van der Waals surface area contributed by atoms with Gasteiger partial charge in [0, 0.05) is 30.8 Å². The number of halogens is 1. The smallest absolute Gasteiger partial charge is 0.128 e. The van der Waals surface area contributed by atoms with Crippen molar-refractivity contribution < 1.29 is 9.13 Å². The first-order valence-electron chi connectivity index (χ1n) is 9.37. The first-order chi connectivity index (χ1) is 12.2. The van der Waals surface area contributed by atoms with E-state index in [1.54, 1.807) is 6.92 Å². The Hall–Kier alpha value is -1.97. The molecule has 0 fully saturated rings. The highest BCUT2D eigenvalue weighted by Gasteiger charge is 2.03. The van der Waals surface area contributed by atoms with E-state index in [9.17, 15) is 4.39 Å². The van der Waals surface area contributed by atoms with Crippen molar-refractivity contribution in [2.24, 2.45) is 0 Å². The third kappa shape index (κ3) is 7.20. The Morgan fingerprint density at radius 3 is 2.28 bits per heavy atom. The van der Waals surface area contributed by atoms with E-state index in [1.807, 2.05) is 36.7 Å². The fourth-order valence-electron chi connectivity index (χ4n) is 2.60. The second kappa shape index (κ2) is 10.8. The number of unbranched alkanes of at least 4 members (excludes halogenated alkanes) is 4. The summed E-state index contributed by atoms with van der Waals surface area (Å²) >= 11 is 0. The predicted octanol–water partition coefficient (Wildman–Crippen LogP) is 5.78. The minimum atomic E-state index is -0.832. The third-order valence-corrected chi connectivity index (χ3v) is 4.18. The molecule has 1 heterocycles. The highest BCUT2D eigenvalue weighted by atomic mass is 19.1.